The topological polar surface area (TPSA) is 71.9 Å². The van der Waals surface area contributed by atoms with Crippen LogP contribution in [0.25, 0.3) is 17.4 Å². The number of amides is 1. The van der Waals surface area contributed by atoms with Crippen LogP contribution in [0.4, 0.5) is 5.69 Å². The molecule has 0 unspecified atom stereocenters. The van der Waals surface area contributed by atoms with Crippen LogP contribution in [0, 0.1) is 0 Å². The van der Waals surface area contributed by atoms with E-state index in [2.05, 4.69) is 11.9 Å². The lowest BCUT2D eigenvalue weighted by molar-refractivity contribution is -0.127. The number of nitrogens with zero attached hydrogens (tertiary/aromatic N) is 2. The van der Waals surface area contributed by atoms with Gasteiger partial charge in [-0.3, -0.25) is 4.79 Å². The van der Waals surface area contributed by atoms with Gasteiger partial charge in [-0.25, -0.2) is 0 Å². The predicted octanol–water partition coefficient (Wildman–Crippen LogP) is 2.32. The standard InChI is InChI=1S/C19H23N3O3/c1-21-9-11-22(12-10-21)19(23)8-5-15-4-7-18(25-15)16-13-14(20)3-6-17(16)24-2/h3-8,13H,9-12,20H2,1-2H3/b8-5+. The van der Waals surface area contributed by atoms with Crippen LogP contribution in [-0.2, 0) is 4.79 Å². The summed E-state index contributed by atoms with van der Waals surface area (Å²) in [5, 5.41) is 0. The van der Waals surface area contributed by atoms with Crippen LogP contribution < -0.4 is 10.5 Å². The minimum absolute atomic E-state index is 0.00702. The highest BCUT2D eigenvalue weighted by Gasteiger charge is 2.17. The zero-order valence-electron chi connectivity index (χ0n) is 14.6. The third kappa shape index (κ3) is 4.03. The number of ether oxygens (including phenoxy) is 1. The maximum Gasteiger partial charge on any atom is 0.246 e. The van der Waals surface area contributed by atoms with Gasteiger partial charge in [-0.1, -0.05) is 0 Å². The quantitative estimate of drug-likeness (QED) is 0.682. The van der Waals surface area contributed by atoms with E-state index in [4.69, 9.17) is 14.9 Å². The van der Waals surface area contributed by atoms with Crippen LogP contribution in [-0.4, -0.2) is 56.0 Å². The molecule has 2 heterocycles. The van der Waals surface area contributed by atoms with Crippen LogP contribution in [0.5, 0.6) is 5.75 Å². The molecule has 0 saturated carbocycles. The van der Waals surface area contributed by atoms with Crippen molar-refractivity contribution in [1.29, 1.82) is 0 Å². The number of likely N-dealkylation sites (N-methyl/N-ethyl adjacent to an activating group) is 1. The molecule has 6 nitrogen and oxygen atoms in total. The lowest BCUT2D eigenvalue weighted by Gasteiger charge is -2.31. The number of furan rings is 1. The van der Waals surface area contributed by atoms with E-state index in [-0.39, 0.29) is 5.91 Å². The first-order chi connectivity index (χ1) is 12.1. The van der Waals surface area contributed by atoms with Crippen molar-refractivity contribution in [3.05, 3.63) is 42.2 Å². The highest BCUT2D eigenvalue weighted by Crippen LogP contribution is 2.33. The number of nitrogen functional groups attached to an aromatic ring is 1. The first kappa shape index (κ1) is 17.1. The number of piperazine rings is 1. The molecule has 1 aliphatic heterocycles. The van der Waals surface area contributed by atoms with Gasteiger partial charge < -0.3 is 24.7 Å². The van der Waals surface area contributed by atoms with Crippen molar-refractivity contribution < 1.29 is 13.9 Å². The lowest BCUT2D eigenvalue weighted by atomic mass is 10.1. The smallest absolute Gasteiger partial charge is 0.246 e. The number of benzene rings is 1. The fraction of sp³-hybridized carbons (Fsp3) is 0.316. The molecule has 0 spiro atoms. The fourth-order valence-corrected chi connectivity index (χ4v) is 2.79. The van der Waals surface area contributed by atoms with Crippen LogP contribution in [0.2, 0.25) is 0 Å². The first-order valence-corrected chi connectivity index (χ1v) is 8.26. The Morgan fingerprint density at radius 1 is 1.20 bits per heavy atom. The molecule has 6 heteroatoms. The summed E-state index contributed by atoms with van der Waals surface area (Å²) in [5.74, 6) is 1.96. The number of rotatable bonds is 4. The monoisotopic (exact) mass is 341 g/mol. The van der Waals surface area contributed by atoms with Gasteiger partial charge in [0.2, 0.25) is 5.91 Å². The summed E-state index contributed by atoms with van der Waals surface area (Å²) in [6, 6.07) is 9.06. The third-order valence-electron chi connectivity index (χ3n) is 4.32. The summed E-state index contributed by atoms with van der Waals surface area (Å²) in [4.78, 5) is 16.3. The summed E-state index contributed by atoms with van der Waals surface area (Å²) in [7, 11) is 3.67. The normalized spacial score (nSPS) is 15.7. The minimum atomic E-state index is 0.00702. The largest absolute Gasteiger partial charge is 0.496 e. The molecule has 1 amide bonds. The van der Waals surface area contributed by atoms with Gasteiger partial charge in [-0.15, -0.1) is 0 Å². The van der Waals surface area contributed by atoms with Gasteiger partial charge in [-0.05, 0) is 43.5 Å². The molecular weight excluding hydrogens is 318 g/mol. The van der Waals surface area contributed by atoms with E-state index in [1.54, 1.807) is 37.5 Å². The Kier molecular flexibility index (Phi) is 5.09. The summed E-state index contributed by atoms with van der Waals surface area (Å²) >= 11 is 0. The fourth-order valence-electron chi connectivity index (χ4n) is 2.79. The number of carbonyl (C=O) groups is 1. The average molecular weight is 341 g/mol. The van der Waals surface area contributed by atoms with Crippen LogP contribution >= 0.6 is 0 Å². The molecule has 25 heavy (non-hydrogen) atoms. The number of nitrogens with two attached hydrogens (primary N) is 1. The second kappa shape index (κ2) is 7.44. The summed E-state index contributed by atoms with van der Waals surface area (Å²) in [5.41, 5.74) is 7.27. The van der Waals surface area contributed by atoms with Crippen LogP contribution in [0.15, 0.2) is 40.8 Å². The molecule has 2 N–H and O–H groups in total. The average Bonchev–Trinajstić information content (AvgIpc) is 3.09. The van der Waals surface area contributed by atoms with E-state index in [0.717, 1.165) is 31.7 Å². The van der Waals surface area contributed by atoms with E-state index in [9.17, 15) is 4.79 Å². The van der Waals surface area contributed by atoms with Crippen LogP contribution in [0.3, 0.4) is 0 Å². The highest BCUT2D eigenvalue weighted by molar-refractivity contribution is 5.91. The van der Waals surface area contributed by atoms with Crippen molar-refractivity contribution in [3.63, 3.8) is 0 Å². The zero-order chi connectivity index (χ0) is 17.8. The van der Waals surface area contributed by atoms with Crippen molar-refractivity contribution in [2.75, 3.05) is 46.1 Å². The van der Waals surface area contributed by atoms with E-state index < -0.39 is 0 Å². The summed E-state index contributed by atoms with van der Waals surface area (Å²) < 4.78 is 11.2. The van der Waals surface area contributed by atoms with E-state index >= 15 is 0 Å². The predicted molar refractivity (Wildman–Crippen MR) is 98.2 cm³/mol. The Morgan fingerprint density at radius 2 is 1.96 bits per heavy atom. The second-order valence-electron chi connectivity index (χ2n) is 6.12. The third-order valence-corrected chi connectivity index (χ3v) is 4.32. The number of hydrogen-bond acceptors (Lipinski definition) is 5. The summed E-state index contributed by atoms with van der Waals surface area (Å²) in [6.07, 6.45) is 3.26. The molecule has 1 aliphatic rings. The van der Waals surface area contributed by atoms with Crippen molar-refractivity contribution >= 4 is 17.7 Å². The van der Waals surface area contributed by atoms with E-state index in [1.165, 1.54) is 0 Å². The molecule has 0 aliphatic carbocycles. The van der Waals surface area contributed by atoms with Crippen LogP contribution in [0.1, 0.15) is 5.76 Å². The zero-order valence-corrected chi connectivity index (χ0v) is 14.6. The van der Waals surface area contributed by atoms with Crippen molar-refractivity contribution in [1.82, 2.24) is 9.80 Å². The maximum absolute atomic E-state index is 12.2. The molecule has 1 aromatic heterocycles. The van der Waals surface area contributed by atoms with Gasteiger partial charge in [0.25, 0.3) is 0 Å². The summed E-state index contributed by atoms with van der Waals surface area (Å²) in [6.45, 7) is 3.31. The van der Waals surface area contributed by atoms with E-state index in [1.807, 2.05) is 17.0 Å². The molecule has 1 saturated heterocycles. The van der Waals surface area contributed by atoms with Crippen molar-refractivity contribution in [2.45, 2.75) is 0 Å². The van der Waals surface area contributed by atoms with Gasteiger partial charge in [0, 0.05) is 37.9 Å². The van der Waals surface area contributed by atoms with Gasteiger partial charge in [0.1, 0.15) is 17.3 Å². The molecular formula is C19H23N3O3. The molecule has 0 radical (unpaired) electrons. The Hall–Kier alpha value is -2.73. The number of hydrogen-bond donors (Lipinski definition) is 1. The lowest BCUT2D eigenvalue weighted by Crippen LogP contribution is -2.46. The number of methoxy groups -OCH3 is 1. The molecule has 1 aromatic carbocycles. The SMILES string of the molecule is COc1ccc(N)cc1-c1ccc(/C=C/C(=O)N2CCN(C)CC2)o1. The number of anilines is 1. The minimum Gasteiger partial charge on any atom is -0.496 e. The molecule has 2 aromatic rings. The molecule has 132 valence electrons. The van der Waals surface area contributed by atoms with Gasteiger partial charge >= 0.3 is 0 Å². The Morgan fingerprint density at radius 3 is 2.68 bits per heavy atom. The van der Waals surface area contributed by atoms with Gasteiger partial charge in [-0.2, -0.15) is 0 Å². The molecule has 3 rings (SSSR count). The molecule has 0 atom stereocenters. The Labute approximate surface area is 147 Å². The second-order valence-corrected chi connectivity index (χ2v) is 6.12. The van der Waals surface area contributed by atoms with E-state index in [0.29, 0.717) is 23.0 Å². The van der Waals surface area contributed by atoms with Gasteiger partial charge in [0.05, 0.1) is 12.7 Å². The van der Waals surface area contributed by atoms with Crippen molar-refractivity contribution in [3.8, 4) is 17.1 Å². The molecule has 1 fully saturated rings. The highest BCUT2D eigenvalue weighted by atomic mass is 16.5. The van der Waals surface area contributed by atoms with Gasteiger partial charge in [0.15, 0.2) is 0 Å². The van der Waals surface area contributed by atoms with Crippen molar-refractivity contribution in [2.24, 2.45) is 0 Å². The maximum atomic E-state index is 12.2. The first-order valence-electron chi connectivity index (χ1n) is 8.26. The molecule has 0 bridgehead atoms. The Balaban J connectivity index is 1.71. The number of carbonyl (C=O) groups excluding carboxylic acids is 1. The Bertz CT molecular complexity index is 774.